The number of H-pyrrole nitrogens is 1. The fourth-order valence-corrected chi connectivity index (χ4v) is 2.25. The standard InChI is InChI=1S/C15H18ClN3O2/c1-9(21-8-10-2-3-10)15(20)17-7-14-18-12-5-4-11(16)6-13(12)19-14/h4-6,9-10H,2-3,7-8H2,1H3,(H,17,20)(H,18,19)/t9-/m0/s1. The number of halogens is 1. The third-order valence-electron chi connectivity index (χ3n) is 3.57. The number of nitrogens with one attached hydrogen (secondary N) is 2. The lowest BCUT2D eigenvalue weighted by Crippen LogP contribution is -2.34. The Balaban J connectivity index is 1.53. The van der Waals surface area contributed by atoms with Crippen LogP contribution in [0.1, 0.15) is 25.6 Å². The number of carbonyl (C=O) groups is 1. The first kappa shape index (κ1) is 14.4. The van der Waals surface area contributed by atoms with E-state index in [0.717, 1.165) is 11.0 Å². The maximum absolute atomic E-state index is 11.9. The summed E-state index contributed by atoms with van der Waals surface area (Å²) in [5, 5.41) is 3.48. The van der Waals surface area contributed by atoms with Crippen LogP contribution in [0.25, 0.3) is 11.0 Å². The van der Waals surface area contributed by atoms with Gasteiger partial charge in [0, 0.05) is 5.02 Å². The monoisotopic (exact) mass is 307 g/mol. The number of imidazole rings is 1. The third-order valence-corrected chi connectivity index (χ3v) is 3.81. The fraction of sp³-hybridized carbons (Fsp3) is 0.467. The zero-order valence-corrected chi connectivity index (χ0v) is 12.6. The molecular weight excluding hydrogens is 290 g/mol. The van der Waals surface area contributed by atoms with Gasteiger partial charge in [-0.1, -0.05) is 11.6 Å². The van der Waals surface area contributed by atoms with E-state index in [1.54, 1.807) is 13.0 Å². The Morgan fingerprint density at radius 1 is 1.57 bits per heavy atom. The van der Waals surface area contributed by atoms with Gasteiger partial charge in [-0.3, -0.25) is 4.79 Å². The van der Waals surface area contributed by atoms with Crippen LogP contribution in [0.2, 0.25) is 5.02 Å². The lowest BCUT2D eigenvalue weighted by atomic mass is 10.3. The second-order valence-corrected chi connectivity index (χ2v) is 5.92. The van der Waals surface area contributed by atoms with Gasteiger partial charge in [0.05, 0.1) is 24.2 Å². The molecule has 1 aliphatic rings. The van der Waals surface area contributed by atoms with Crippen molar-refractivity contribution in [3.8, 4) is 0 Å². The molecule has 1 aliphatic carbocycles. The molecular formula is C15H18ClN3O2. The van der Waals surface area contributed by atoms with Crippen molar-refractivity contribution in [1.29, 1.82) is 0 Å². The van der Waals surface area contributed by atoms with Gasteiger partial charge in [0.25, 0.3) is 0 Å². The van der Waals surface area contributed by atoms with E-state index in [2.05, 4.69) is 15.3 Å². The Bertz CT molecular complexity index is 651. The average Bonchev–Trinajstić information content (AvgIpc) is 3.21. The van der Waals surface area contributed by atoms with Crippen LogP contribution in [0.3, 0.4) is 0 Å². The lowest BCUT2D eigenvalue weighted by molar-refractivity contribution is -0.132. The van der Waals surface area contributed by atoms with Gasteiger partial charge in [0.1, 0.15) is 11.9 Å². The Morgan fingerprint density at radius 2 is 2.38 bits per heavy atom. The molecule has 0 aliphatic heterocycles. The number of fused-ring (bicyclic) bond motifs is 1. The Labute approximate surface area is 128 Å². The summed E-state index contributed by atoms with van der Waals surface area (Å²) in [6.07, 6.45) is 2.01. The highest BCUT2D eigenvalue weighted by molar-refractivity contribution is 6.31. The number of rotatable bonds is 6. The molecule has 0 radical (unpaired) electrons. The van der Waals surface area contributed by atoms with Gasteiger partial charge in [-0.05, 0) is 43.9 Å². The van der Waals surface area contributed by atoms with Crippen molar-refractivity contribution in [3.05, 3.63) is 29.0 Å². The van der Waals surface area contributed by atoms with Crippen LogP contribution in [0, 0.1) is 5.92 Å². The molecule has 1 fully saturated rings. The van der Waals surface area contributed by atoms with E-state index in [-0.39, 0.29) is 5.91 Å². The van der Waals surface area contributed by atoms with Crippen LogP contribution in [0.4, 0.5) is 0 Å². The lowest BCUT2D eigenvalue weighted by Gasteiger charge is -2.12. The summed E-state index contributed by atoms with van der Waals surface area (Å²) >= 11 is 5.93. The number of hydrogen-bond donors (Lipinski definition) is 2. The summed E-state index contributed by atoms with van der Waals surface area (Å²) in [6.45, 7) is 2.80. The van der Waals surface area contributed by atoms with E-state index in [1.807, 2.05) is 12.1 Å². The van der Waals surface area contributed by atoms with Gasteiger partial charge < -0.3 is 15.0 Å². The largest absolute Gasteiger partial charge is 0.368 e. The Morgan fingerprint density at radius 3 is 3.14 bits per heavy atom. The van der Waals surface area contributed by atoms with Crippen molar-refractivity contribution in [2.45, 2.75) is 32.4 Å². The van der Waals surface area contributed by atoms with E-state index >= 15 is 0 Å². The quantitative estimate of drug-likeness (QED) is 0.862. The number of aromatic nitrogens is 2. The fourth-order valence-electron chi connectivity index (χ4n) is 2.07. The van der Waals surface area contributed by atoms with Crippen molar-refractivity contribution in [2.75, 3.05) is 6.61 Å². The van der Waals surface area contributed by atoms with Crippen molar-refractivity contribution >= 4 is 28.5 Å². The van der Waals surface area contributed by atoms with E-state index in [4.69, 9.17) is 16.3 Å². The van der Waals surface area contributed by atoms with Crippen LogP contribution in [0.15, 0.2) is 18.2 Å². The third kappa shape index (κ3) is 3.74. The maximum atomic E-state index is 11.9. The van der Waals surface area contributed by atoms with Gasteiger partial charge in [0.15, 0.2) is 0 Å². The topological polar surface area (TPSA) is 67.0 Å². The van der Waals surface area contributed by atoms with Gasteiger partial charge >= 0.3 is 0 Å². The van der Waals surface area contributed by atoms with Gasteiger partial charge in [0.2, 0.25) is 5.91 Å². The van der Waals surface area contributed by atoms with Crippen LogP contribution >= 0.6 is 11.6 Å². The van der Waals surface area contributed by atoms with Crippen molar-refractivity contribution < 1.29 is 9.53 Å². The highest BCUT2D eigenvalue weighted by atomic mass is 35.5. The van der Waals surface area contributed by atoms with Crippen molar-refractivity contribution in [1.82, 2.24) is 15.3 Å². The smallest absolute Gasteiger partial charge is 0.249 e. The minimum Gasteiger partial charge on any atom is -0.368 e. The highest BCUT2D eigenvalue weighted by Crippen LogP contribution is 2.29. The predicted molar refractivity (Wildman–Crippen MR) is 81.1 cm³/mol. The molecule has 2 aromatic rings. The van der Waals surface area contributed by atoms with Crippen LogP contribution < -0.4 is 5.32 Å². The zero-order chi connectivity index (χ0) is 14.8. The molecule has 1 aromatic carbocycles. The first-order valence-corrected chi connectivity index (χ1v) is 7.53. The van der Waals surface area contributed by atoms with Crippen LogP contribution in [-0.4, -0.2) is 28.6 Å². The number of nitrogens with zero attached hydrogens (tertiary/aromatic N) is 1. The number of aromatic amines is 1. The van der Waals surface area contributed by atoms with E-state index < -0.39 is 6.10 Å². The zero-order valence-electron chi connectivity index (χ0n) is 11.9. The van der Waals surface area contributed by atoms with E-state index in [9.17, 15) is 4.79 Å². The summed E-state index contributed by atoms with van der Waals surface area (Å²) in [5.74, 6) is 1.24. The summed E-state index contributed by atoms with van der Waals surface area (Å²) in [7, 11) is 0. The molecule has 0 unspecified atom stereocenters. The van der Waals surface area contributed by atoms with Gasteiger partial charge in [-0.15, -0.1) is 0 Å². The number of hydrogen-bond acceptors (Lipinski definition) is 3. The normalized spacial score (nSPS) is 16.1. The molecule has 0 spiro atoms. The molecule has 112 valence electrons. The molecule has 3 rings (SSSR count). The first-order valence-electron chi connectivity index (χ1n) is 7.15. The van der Waals surface area contributed by atoms with E-state index in [1.165, 1.54) is 12.8 Å². The maximum Gasteiger partial charge on any atom is 0.249 e. The summed E-state index contributed by atoms with van der Waals surface area (Å²) in [6, 6.07) is 5.46. The van der Waals surface area contributed by atoms with Crippen LogP contribution in [0.5, 0.6) is 0 Å². The van der Waals surface area contributed by atoms with Gasteiger partial charge in [-0.2, -0.15) is 0 Å². The number of amides is 1. The molecule has 6 heteroatoms. The van der Waals surface area contributed by atoms with Crippen LogP contribution in [-0.2, 0) is 16.1 Å². The molecule has 1 saturated carbocycles. The number of carbonyl (C=O) groups excluding carboxylic acids is 1. The second kappa shape index (κ2) is 6.03. The molecule has 0 bridgehead atoms. The molecule has 1 atom stereocenters. The van der Waals surface area contributed by atoms with Crippen molar-refractivity contribution in [2.24, 2.45) is 5.92 Å². The summed E-state index contributed by atoms with van der Waals surface area (Å²) < 4.78 is 5.53. The Kier molecular flexibility index (Phi) is 4.12. The highest BCUT2D eigenvalue weighted by Gasteiger charge is 2.24. The average molecular weight is 308 g/mol. The van der Waals surface area contributed by atoms with Crippen molar-refractivity contribution in [3.63, 3.8) is 0 Å². The molecule has 1 amide bonds. The van der Waals surface area contributed by atoms with Gasteiger partial charge in [-0.25, -0.2) is 4.98 Å². The number of benzene rings is 1. The number of ether oxygens (including phenoxy) is 1. The Hall–Kier alpha value is -1.59. The minimum absolute atomic E-state index is 0.117. The molecule has 5 nitrogen and oxygen atoms in total. The molecule has 21 heavy (non-hydrogen) atoms. The SMILES string of the molecule is C[C@H](OCC1CC1)C(=O)NCc1nc2ccc(Cl)cc2[nH]1. The first-order chi connectivity index (χ1) is 10.1. The summed E-state index contributed by atoms with van der Waals surface area (Å²) in [4.78, 5) is 19.5. The molecule has 1 aromatic heterocycles. The molecule has 2 N–H and O–H groups in total. The second-order valence-electron chi connectivity index (χ2n) is 5.48. The van der Waals surface area contributed by atoms with E-state index in [0.29, 0.717) is 29.9 Å². The molecule has 0 saturated heterocycles. The predicted octanol–water partition coefficient (Wildman–Crippen LogP) is 2.65. The summed E-state index contributed by atoms with van der Waals surface area (Å²) in [5.41, 5.74) is 1.70. The molecule has 1 heterocycles. The minimum atomic E-state index is -0.426.